The van der Waals surface area contributed by atoms with Crippen molar-refractivity contribution in [1.29, 1.82) is 0 Å². The number of ether oxygens (including phenoxy) is 1. The molecule has 0 saturated carbocycles. The van der Waals surface area contributed by atoms with Crippen LogP contribution < -0.4 is 10.1 Å². The molecule has 0 heterocycles. The number of fused-ring (bicyclic) bond motifs is 1. The topological polar surface area (TPSA) is 41.5 Å². The summed E-state index contributed by atoms with van der Waals surface area (Å²) in [5.41, 5.74) is 2.30. The van der Waals surface area contributed by atoms with E-state index in [1.807, 2.05) is 6.07 Å². The Morgan fingerprint density at radius 2 is 1.83 bits per heavy atom. The summed E-state index contributed by atoms with van der Waals surface area (Å²) in [6.07, 6.45) is 0. The van der Waals surface area contributed by atoms with Crippen molar-refractivity contribution in [2.24, 2.45) is 0 Å². The highest BCUT2D eigenvalue weighted by atomic mass is 16.5. The molecule has 1 atom stereocenters. The van der Waals surface area contributed by atoms with E-state index in [0.717, 1.165) is 5.56 Å². The molecule has 0 aromatic heterocycles. The maximum Gasteiger partial charge on any atom is 0.160 e. The number of hydrogen-bond acceptors (Lipinski definition) is 3. The molecular weight excluding hydrogens is 286 g/mol. The van der Waals surface area contributed by atoms with Gasteiger partial charge in [-0.2, -0.15) is 0 Å². The summed E-state index contributed by atoms with van der Waals surface area (Å²) >= 11 is 0. The second kappa shape index (κ2) is 6.71. The summed E-state index contributed by atoms with van der Waals surface area (Å²) < 4.78 is 5.07. The lowest BCUT2D eigenvalue weighted by Gasteiger charge is -2.17. The van der Waals surface area contributed by atoms with Crippen LogP contribution in [0.3, 0.4) is 0 Å². The van der Waals surface area contributed by atoms with Gasteiger partial charge in [0.15, 0.2) is 11.5 Å². The number of hydrogen-bond donors (Lipinski definition) is 2. The van der Waals surface area contributed by atoms with E-state index in [4.69, 9.17) is 4.74 Å². The Balaban J connectivity index is 1.76. The Hall–Kier alpha value is -2.52. The maximum atomic E-state index is 9.86. The SMILES string of the molecule is COc1ccc(CN[C@@H](C)c2cccc3ccccc23)cc1O. The van der Waals surface area contributed by atoms with Crippen LogP contribution in [-0.2, 0) is 6.54 Å². The molecule has 118 valence electrons. The lowest BCUT2D eigenvalue weighted by Crippen LogP contribution is -2.18. The normalized spacial score (nSPS) is 12.3. The molecular formula is C20H21NO2. The van der Waals surface area contributed by atoms with Crippen LogP contribution in [0.5, 0.6) is 11.5 Å². The minimum absolute atomic E-state index is 0.171. The van der Waals surface area contributed by atoms with E-state index in [1.165, 1.54) is 16.3 Å². The van der Waals surface area contributed by atoms with Gasteiger partial charge in [-0.15, -0.1) is 0 Å². The molecule has 0 radical (unpaired) electrons. The number of methoxy groups -OCH3 is 1. The molecule has 3 aromatic rings. The van der Waals surface area contributed by atoms with Crippen LogP contribution in [0.2, 0.25) is 0 Å². The van der Waals surface area contributed by atoms with Gasteiger partial charge < -0.3 is 15.2 Å². The quantitative estimate of drug-likeness (QED) is 0.734. The van der Waals surface area contributed by atoms with Gasteiger partial charge in [0.25, 0.3) is 0 Å². The molecule has 3 nitrogen and oxygen atoms in total. The van der Waals surface area contributed by atoms with Crippen LogP contribution in [-0.4, -0.2) is 12.2 Å². The summed E-state index contributed by atoms with van der Waals surface area (Å²) in [6.45, 7) is 2.84. The number of aromatic hydroxyl groups is 1. The average Bonchev–Trinajstić information content (AvgIpc) is 2.59. The minimum Gasteiger partial charge on any atom is -0.504 e. The molecule has 2 N–H and O–H groups in total. The molecule has 0 spiro atoms. The number of phenolic OH excluding ortho intramolecular Hbond substituents is 1. The highest BCUT2D eigenvalue weighted by molar-refractivity contribution is 5.86. The zero-order chi connectivity index (χ0) is 16.2. The van der Waals surface area contributed by atoms with E-state index in [9.17, 15) is 5.11 Å². The standard InChI is InChI=1S/C20H21NO2/c1-14(17-9-5-7-16-6-3-4-8-18(16)17)21-13-15-10-11-20(23-2)19(22)12-15/h3-12,14,21-22H,13H2,1-2H3/t14-/m0/s1. The van der Waals surface area contributed by atoms with Gasteiger partial charge in [0.2, 0.25) is 0 Å². The Bertz CT molecular complexity index is 808. The molecule has 0 bridgehead atoms. The van der Waals surface area contributed by atoms with Crippen molar-refractivity contribution in [3.8, 4) is 11.5 Å². The summed E-state index contributed by atoms with van der Waals surface area (Å²) in [6, 6.07) is 20.5. The first-order valence-electron chi connectivity index (χ1n) is 7.76. The first kappa shape index (κ1) is 15.4. The van der Waals surface area contributed by atoms with Gasteiger partial charge in [-0.25, -0.2) is 0 Å². The minimum atomic E-state index is 0.171. The van der Waals surface area contributed by atoms with Crippen molar-refractivity contribution in [2.75, 3.05) is 7.11 Å². The third-order valence-electron chi connectivity index (χ3n) is 4.15. The van der Waals surface area contributed by atoms with Crippen LogP contribution in [0.1, 0.15) is 24.1 Å². The van der Waals surface area contributed by atoms with E-state index in [1.54, 1.807) is 19.2 Å². The molecule has 0 aliphatic carbocycles. The smallest absolute Gasteiger partial charge is 0.160 e. The second-order valence-electron chi connectivity index (χ2n) is 5.68. The third-order valence-corrected chi connectivity index (χ3v) is 4.15. The average molecular weight is 307 g/mol. The summed E-state index contributed by atoms with van der Waals surface area (Å²) in [5.74, 6) is 0.667. The highest BCUT2D eigenvalue weighted by Gasteiger charge is 2.09. The highest BCUT2D eigenvalue weighted by Crippen LogP contribution is 2.27. The van der Waals surface area contributed by atoms with Crippen LogP contribution in [0.25, 0.3) is 10.8 Å². The second-order valence-corrected chi connectivity index (χ2v) is 5.68. The first-order valence-corrected chi connectivity index (χ1v) is 7.76. The molecule has 3 rings (SSSR count). The predicted octanol–water partition coefficient (Wildman–Crippen LogP) is 4.40. The number of rotatable bonds is 5. The molecule has 0 fully saturated rings. The number of benzene rings is 3. The van der Waals surface area contributed by atoms with Crippen molar-refractivity contribution < 1.29 is 9.84 Å². The van der Waals surface area contributed by atoms with Gasteiger partial charge >= 0.3 is 0 Å². The van der Waals surface area contributed by atoms with Crippen molar-refractivity contribution >= 4 is 10.8 Å². The molecule has 0 saturated heterocycles. The van der Waals surface area contributed by atoms with E-state index < -0.39 is 0 Å². The largest absolute Gasteiger partial charge is 0.504 e. The summed E-state index contributed by atoms with van der Waals surface area (Å²) in [7, 11) is 1.55. The van der Waals surface area contributed by atoms with Crippen molar-refractivity contribution in [3.05, 3.63) is 71.8 Å². The molecule has 0 unspecified atom stereocenters. The zero-order valence-electron chi connectivity index (χ0n) is 13.4. The lowest BCUT2D eigenvalue weighted by molar-refractivity contribution is 0.373. The van der Waals surface area contributed by atoms with Crippen molar-refractivity contribution in [3.63, 3.8) is 0 Å². The molecule has 0 aliphatic rings. The Morgan fingerprint density at radius 1 is 1.04 bits per heavy atom. The van der Waals surface area contributed by atoms with Gasteiger partial charge in [-0.05, 0) is 41.0 Å². The molecule has 0 aliphatic heterocycles. The van der Waals surface area contributed by atoms with Crippen LogP contribution >= 0.6 is 0 Å². The maximum absolute atomic E-state index is 9.86. The molecule has 23 heavy (non-hydrogen) atoms. The first-order chi connectivity index (χ1) is 11.2. The number of nitrogens with one attached hydrogen (secondary N) is 1. The fourth-order valence-corrected chi connectivity index (χ4v) is 2.85. The van der Waals surface area contributed by atoms with Crippen molar-refractivity contribution in [1.82, 2.24) is 5.32 Å². The lowest BCUT2D eigenvalue weighted by atomic mass is 9.99. The Labute approximate surface area is 136 Å². The van der Waals surface area contributed by atoms with Crippen LogP contribution in [0.4, 0.5) is 0 Å². The van der Waals surface area contributed by atoms with E-state index in [-0.39, 0.29) is 11.8 Å². The van der Waals surface area contributed by atoms with Crippen LogP contribution in [0, 0.1) is 0 Å². The fourth-order valence-electron chi connectivity index (χ4n) is 2.85. The van der Waals surface area contributed by atoms with Gasteiger partial charge in [0.1, 0.15) is 0 Å². The van der Waals surface area contributed by atoms with Crippen LogP contribution in [0.15, 0.2) is 60.7 Å². The van der Waals surface area contributed by atoms with Gasteiger partial charge in [0.05, 0.1) is 7.11 Å². The number of phenols is 1. The van der Waals surface area contributed by atoms with E-state index in [0.29, 0.717) is 12.3 Å². The third kappa shape index (κ3) is 3.30. The van der Waals surface area contributed by atoms with Gasteiger partial charge in [-0.1, -0.05) is 48.5 Å². The van der Waals surface area contributed by atoms with E-state index >= 15 is 0 Å². The zero-order valence-corrected chi connectivity index (χ0v) is 13.4. The predicted molar refractivity (Wildman–Crippen MR) is 93.9 cm³/mol. The Kier molecular flexibility index (Phi) is 4.49. The van der Waals surface area contributed by atoms with Gasteiger partial charge in [0, 0.05) is 12.6 Å². The van der Waals surface area contributed by atoms with Gasteiger partial charge in [-0.3, -0.25) is 0 Å². The Morgan fingerprint density at radius 3 is 2.61 bits per heavy atom. The molecule has 3 aromatic carbocycles. The summed E-state index contributed by atoms with van der Waals surface area (Å²) in [5, 5.41) is 15.9. The summed E-state index contributed by atoms with van der Waals surface area (Å²) in [4.78, 5) is 0. The monoisotopic (exact) mass is 307 g/mol. The van der Waals surface area contributed by atoms with E-state index in [2.05, 4.69) is 54.7 Å². The fraction of sp³-hybridized carbons (Fsp3) is 0.200. The molecule has 3 heteroatoms. The van der Waals surface area contributed by atoms with Crippen molar-refractivity contribution in [2.45, 2.75) is 19.5 Å². The molecule has 0 amide bonds.